The molecule has 5 heteroatoms. The van der Waals surface area contributed by atoms with Crippen LogP contribution in [-0.2, 0) is 4.79 Å². The van der Waals surface area contributed by atoms with E-state index in [1.165, 1.54) is 0 Å². The molecule has 1 unspecified atom stereocenters. The molecule has 1 aromatic heterocycles. The maximum atomic E-state index is 12.2. The van der Waals surface area contributed by atoms with Crippen LogP contribution < -0.4 is 5.32 Å². The van der Waals surface area contributed by atoms with Crippen molar-refractivity contribution in [1.82, 2.24) is 10.2 Å². The highest BCUT2D eigenvalue weighted by Crippen LogP contribution is 2.27. The maximum Gasteiger partial charge on any atom is 0.228 e. The highest BCUT2D eigenvalue weighted by molar-refractivity contribution is 5.85. The fourth-order valence-electron chi connectivity index (χ4n) is 2.34. The van der Waals surface area contributed by atoms with Gasteiger partial charge in [0.1, 0.15) is 11.3 Å². The molecule has 1 aromatic carbocycles. The molecule has 4 nitrogen and oxygen atoms in total. The first-order chi connectivity index (χ1) is 9.16. The zero-order valence-corrected chi connectivity index (χ0v) is 12.4. The predicted octanol–water partition coefficient (Wildman–Crippen LogP) is 2.59. The van der Waals surface area contributed by atoms with Gasteiger partial charge in [-0.1, -0.05) is 18.2 Å². The number of furan rings is 1. The normalized spacial score (nSPS) is 16.3. The van der Waals surface area contributed by atoms with Gasteiger partial charge in [-0.05, 0) is 19.1 Å². The maximum absolute atomic E-state index is 12.2. The minimum Gasteiger partial charge on any atom is -0.459 e. The first-order valence-corrected chi connectivity index (χ1v) is 6.62. The van der Waals surface area contributed by atoms with E-state index in [-0.39, 0.29) is 30.3 Å². The third-order valence-corrected chi connectivity index (χ3v) is 3.92. The monoisotopic (exact) mass is 294 g/mol. The Labute approximate surface area is 124 Å². The first kappa shape index (κ1) is 14.9. The molecule has 0 radical (unpaired) electrons. The zero-order chi connectivity index (χ0) is 13.4. The summed E-state index contributed by atoms with van der Waals surface area (Å²) in [6.45, 7) is 3.58. The molecular weight excluding hydrogens is 276 g/mol. The van der Waals surface area contributed by atoms with Gasteiger partial charge in [-0.3, -0.25) is 4.79 Å². The fourth-order valence-corrected chi connectivity index (χ4v) is 2.34. The molecule has 0 saturated carbocycles. The lowest BCUT2D eigenvalue weighted by atomic mass is 10.0. The second-order valence-electron chi connectivity index (χ2n) is 5.17. The van der Waals surface area contributed by atoms with Gasteiger partial charge < -0.3 is 14.6 Å². The fraction of sp³-hybridized carbons (Fsp3) is 0.400. The molecule has 108 valence electrons. The van der Waals surface area contributed by atoms with Crippen LogP contribution in [0.2, 0.25) is 0 Å². The van der Waals surface area contributed by atoms with Crippen LogP contribution >= 0.6 is 12.4 Å². The number of benzene rings is 1. The quantitative estimate of drug-likeness (QED) is 0.946. The molecule has 1 aliphatic heterocycles. The van der Waals surface area contributed by atoms with Gasteiger partial charge in [0.15, 0.2) is 0 Å². The van der Waals surface area contributed by atoms with Crippen LogP contribution in [0.25, 0.3) is 11.0 Å². The number of fused-ring (bicyclic) bond motifs is 1. The summed E-state index contributed by atoms with van der Waals surface area (Å²) in [4.78, 5) is 14.0. The van der Waals surface area contributed by atoms with E-state index >= 15 is 0 Å². The molecule has 0 spiro atoms. The molecule has 1 saturated heterocycles. The number of hydrogen-bond acceptors (Lipinski definition) is 3. The van der Waals surface area contributed by atoms with E-state index in [2.05, 4.69) is 5.32 Å². The van der Waals surface area contributed by atoms with E-state index in [4.69, 9.17) is 4.42 Å². The predicted molar refractivity (Wildman–Crippen MR) is 81.0 cm³/mol. The largest absolute Gasteiger partial charge is 0.459 e. The standard InChI is InChI=1S/C15H18N2O2.ClH/c1-10(17(2)15(18)12-8-16-9-12)14-7-11-5-3-4-6-13(11)19-14;/h3-7,10,12,16H,8-9H2,1-2H3;1H. The topological polar surface area (TPSA) is 45.5 Å². The number of nitrogens with zero attached hydrogens (tertiary/aromatic N) is 1. The number of amides is 1. The van der Waals surface area contributed by atoms with Gasteiger partial charge in [0, 0.05) is 25.5 Å². The van der Waals surface area contributed by atoms with Crippen LogP contribution in [0.5, 0.6) is 0 Å². The first-order valence-electron chi connectivity index (χ1n) is 6.62. The Morgan fingerprint density at radius 2 is 2.10 bits per heavy atom. The van der Waals surface area contributed by atoms with Crippen molar-refractivity contribution < 1.29 is 9.21 Å². The Morgan fingerprint density at radius 3 is 2.70 bits per heavy atom. The molecule has 1 aliphatic rings. The van der Waals surface area contributed by atoms with Crippen molar-refractivity contribution in [2.75, 3.05) is 20.1 Å². The molecule has 2 heterocycles. The minimum atomic E-state index is -0.0412. The van der Waals surface area contributed by atoms with Crippen molar-refractivity contribution >= 4 is 29.3 Å². The van der Waals surface area contributed by atoms with E-state index in [0.717, 1.165) is 29.8 Å². The van der Waals surface area contributed by atoms with Gasteiger partial charge in [-0.15, -0.1) is 12.4 Å². The lowest BCUT2D eigenvalue weighted by Gasteiger charge is -2.32. The summed E-state index contributed by atoms with van der Waals surface area (Å²) in [6, 6.07) is 9.88. The lowest BCUT2D eigenvalue weighted by Crippen LogP contribution is -2.51. The van der Waals surface area contributed by atoms with E-state index in [1.807, 2.05) is 44.3 Å². The van der Waals surface area contributed by atoms with Crippen LogP contribution in [0.3, 0.4) is 0 Å². The molecule has 1 amide bonds. The number of carbonyl (C=O) groups excluding carboxylic acids is 1. The molecule has 3 rings (SSSR count). The summed E-state index contributed by atoms with van der Waals surface area (Å²) in [7, 11) is 1.85. The third-order valence-electron chi connectivity index (χ3n) is 3.92. The molecular formula is C15H19ClN2O2. The molecule has 1 fully saturated rings. The van der Waals surface area contributed by atoms with Gasteiger partial charge in [0.05, 0.1) is 12.0 Å². The molecule has 1 N–H and O–H groups in total. The van der Waals surface area contributed by atoms with Gasteiger partial charge in [-0.2, -0.15) is 0 Å². The zero-order valence-electron chi connectivity index (χ0n) is 11.6. The highest BCUT2D eigenvalue weighted by Gasteiger charge is 2.30. The molecule has 1 atom stereocenters. The summed E-state index contributed by atoms with van der Waals surface area (Å²) in [5.74, 6) is 1.15. The smallest absolute Gasteiger partial charge is 0.228 e. The van der Waals surface area contributed by atoms with Crippen molar-refractivity contribution in [1.29, 1.82) is 0 Å². The van der Waals surface area contributed by atoms with Crippen LogP contribution in [0.4, 0.5) is 0 Å². The van der Waals surface area contributed by atoms with Gasteiger partial charge in [0.25, 0.3) is 0 Å². The van der Waals surface area contributed by atoms with Crippen molar-refractivity contribution in [3.8, 4) is 0 Å². The number of hydrogen-bond donors (Lipinski definition) is 1. The van der Waals surface area contributed by atoms with Crippen molar-refractivity contribution in [2.45, 2.75) is 13.0 Å². The van der Waals surface area contributed by atoms with Crippen LogP contribution in [0.15, 0.2) is 34.7 Å². The summed E-state index contributed by atoms with van der Waals surface area (Å²) < 4.78 is 5.82. The summed E-state index contributed by atoms with van der Waals surface area (Å²) in [5, 5.41) is 4.21. The lowest BCUT2D eigenvalue weighted by molar-refractivity contribution is -0.138. The van der Waals surface area contributed by atoms with Crippen molar-refractivity contribution in [3.63, 3.8) is 0 Å². The van der Waals surface area contributed by atoms with Crippen LogP contribution in [0.1, 0.15) is 18.7 Å². The number of carbonyl (C=O) groups is 1. The van der Waals surface area contributed by atoms with Crippen LogP contribution in [-0.4, -0.2) is 30.9 Å². The van der Waals surface area contributed by atoms with Gasteiger partial charge in [-0.25, -0.2) is 0 Å². The van der Waals surface area contributed by atoms with Crippen molar-refractivity contribution in [2.24, 2.45) is 5.92 Å². The van der Waals surface area contributed by atoms with E-state index in [1.54, 1.807) is 4.90 Å². The third kappa shape index (κ3) is 2.53. The van der Waals surface area contributed by atoms with E-state index in [0.29, 0.717) is 0 Å². The Balaban J connectivity index is 0.00000147. The SMILES string of the molecule is CC(c1cc2ccccc2o1)N(C)C(=O)C1CNC1.Cl. The summed E-state index contributed by atoms with van der Waals surface area (Å²) in [5.41, 5.74) is 0.871. The van der Waals surface area contributed by atoms with E-state index < -0.39 is 0 Å². The molecule has 20 heavy (non-hydrogen) atoms. The Bertz CT molecular complexity index is 574. The summed E-state index contributed by atoms with van der Waals surface area (Å²) in [6.07, 6.45) is 0. The van der Waals surface area contributed by atoms with Crippen LogP contribution in [0, 0.1) is 5.92 Å². The summed E-state index contributed by atoms with van der Waals surface area (Å²) >= 11 is 0. The molecule has 0 aliphatic carbocycles. The van der Waals surface area contributed by atoms with Gasteiger partial charge in [0.2, 0.25) is 5.91 Å². The second kappa shape index (κ2) is 5.85. The number of rotatable bonds is 3. The Hall–Kier alpha value is -1.52. The molecule has 0 bridgehead atoms. The van der Waals surface area contributed by atoms with Crippen molar-refractivity contribution in [3.05, 3.63) is 36.1 Å². The number of halogens is 1. The number of para-hydroxylation sites is 1. The highest BCUT2D eigenvalue weighted by atomic mass is 35.5. The molecule has 2 aromatic rings. The van der Waals surface area contributed by atoms with E-state index in [9.17, 15) is 4.79 Å². The second-order valence-corrected chi connectivity index (χ2v) is 5.17. The minimum absolute atomic E-state index is 0. The van der Waals surface area contributed by atoms with Gasteiger partial charge >= 0.3 is 0 Å². The number of nitrogens with one attached hydrogen (secondary N) is 1. The average Bonchev–Trinajstić information content (AvgIpc) is 2.78. The Kier molecular flexibility index (Phi) is 4.35. The average molecular weight is 295 g/mol. The Morgan fingerprint density at radius 1 is 1.40 bits per heavy atom.